The highest BCUT2D eigenvalue weighted by Gasteiger charge is 2.29. The summed E-state index contributed by atoms with van der Waals surface area (Å²) in [5, 5.41) is 0. The van der Waals surface area contributed by atoms with Crippen LogP contribution in [0.2, 0.25) is 0 Å². The van der Waals surface area contributed by atoms with Gasteiger partial charge in [0.05, 0.1) is 0 Å². The maximum atomic E-state index is 13.4. The average molecular weight is 373 g/mol. The fourth-order valence-corrected chi connectivity index (χ4v) is 5.04. The van der Waals surface area contributed by atoms with E-state index in [-0.39, 0.29) is 5.92 Å². The number of hydrogen-bond donors (Lipinski definition) is 1. The first kappa shape index (κ1) is 18.5. The van der Waals surface area contributed by atoms with Crippen LogP contribution in [0.3, 0.4) is 0 Å². The maximum absolute atomic E-state index is 13.4. The molecule has 2 atom stereocenters. The molecule has 0 amide bonds. The average Bonchev–Trinajstić information content (AvgIpc) is 3.05. The van der Waals surface area contributed by atoms with Crippen LogP contribution >= 0.6 is 0 Å². The van der Waals surface area contributed by atoms with Gasteiger partial charge in [-0.25, -0.2) is 13.5 Å². The van der Waals surface area contributed by atoms with Crippen LogP contribution in [0.1, 0.15) is 26.2 Å². The van der Waals surface area contributed by atoms with Gasteiger partial charge in [-0.15, -0.1) is 0 Å². The Labute approximate surface area is 148 Å². The number of halogens is 2. The van der Waals surface area contributed by atoms with Gasteiger partial charge in [0.25, 0.3) is 10.2 Å². The third-order valence-electron chi connectivity index (χ3n) is 5.07. The maximum Gasteiger partial charge on any atom is 0.279 e. The summed E-state index contributed by atoms with van der Waals surface area (Å²) < 4.78 is 55.5. The lowest BCUT2D eigenvalue weighted by Crippen LogP contribution is -2.46. The van der Waals surface area contributed by atoms with Crippen molar-refractivity contribution in [2.24, 2.45) is 11.8 Å². The van der Waals surface area contributed by atoms with E-state index in [1.54, 1.807) is 6.07 Å². The van der Waals surface area contributed by atoms with Crippen molar-refractivity contribution < 1.29 is 17.2 Å². The van der Waals surface area contributed by atoms with Crippen LogP contribution < -0.4 is 9.62 Å². The van der Waals surface area contributed by atoms with Crippen LogP contribution in [0.15, 0.2) is 18.2 Å². The number of nitrogens with zero attached hydrogens (tertiary/aromatic N) is 2. The second-order valence-corrected chi connectivity index (χ2v) is 8.91. The fraction of sp³-hybridized carbons (Fsp3) is 0.647. The molecule has 25 heavy (non-hydrogen) atoms. The van der Waals surface area contributed by atoms with Gasteiger partial charge < -0.3 is 4.90 Å². The molecule has 0 unspecified atom stereocenters. The highest BCUT2D eigenvalue weighted by atomic mass is 32.2. The quantitative estimate of drug-likeness (QED) is 0.862. The lowest BCUT2D eigenvalue weighted by molar-refractivity contribution is 0.277. The number of nitrogens with one attached hydrogen (secondary N) is 1. The summed E-state index contributed by atoms with van der Waals surface area (Å²) in [6.07, 6.45) is 2.78. The molecule has 0 aliphatic carbocycles. The van der Waals surface area contributed by atoms with E-state index < -0.39 is 21.8 Å². The van der Waals surface area contributed by atoms with Crippen LogP contribution in [0.5, 0.6) is 0 Å². The minimum absolute atomic E-state index is 0.158. The van der Waals surface area contributed by atoms with E-state index >= 15 is 0 Å². The summed E-state index contributed by atoms with van der Waals surface area (Å²) >= 11 is 0. The van der Waals surface area contributed by atoms with Crippen molar-refractivity contribution in [3.05, 3.63) is 29.8 Å². The molecule has 1 aromatic rings. The third-order valence-corrected chi connectivity index (χ3v) is 6.61. The molecule has 0 radical (unpaired) electrons. The molecule has 3 rings (SSSR count). The molecule has 0 aromatic heterocycles. The Bertz CT molecular complexity index is 714. The highest BCUT2D eigenvalue weighted by Crippen LogP contribution is 2.25. The van der Waals surface area contributed by atoms with E-state index in [2.05, 4.69) is 11.6 Å². The van der Waals surface area contributed by atoms with Gasteiger partial charge in [0, 0.05) is 44.5 Å². The van der Waals surface area contributed by atoms with Crippen molar-refractivity contribution in [3.63, 3.8) is 0 Å². The van der Waals surface area contributed by atoms with Crippen molar-refractivity contribution in [2.75, 3.05) is 37.6 Å². The van der Waals surface area contributed by atoms with Gasteiger partial charge in [0.2, 0.25) is 0 Å². The molecule has 5 nitrogen and oxygen atoms in total. The first-order valence-corrected chi connectivity index (χ1v) is 10.2. The number of piperidine rings is 1. The van der Waals surface area contributed by atoms with Gasteiger partial charge in [-0.2, -0.15) is 12.7 Å². The Morgan fingerprint density at radius 2 is 1.96 bits per heavy atom. The Hall–Kier alpha value is -1.25. The van der Waals surface area contributed by atoms with Gasteiger partial charge in [0.15, 0.2) is 11.6 Å². The van der Waals surface area contributed by atoms with Gasteiger partial charge in [-0.3, -0.25) is 0 Å². The summed E-state index contributed by atoms with van der Waals surface area (Å²) in [7, 11) is -3.44. The zero-order chi connectivity index (χ0) is 18.0. The zero-order valence-corrected chi connectivity index (χ0v) is 15.2. The highest BCUT2D eigenvalue weighted by molar-refractivity contribution is 7.87. The monoisotopic (exact) mass is 373 g/mol. The van der Waals surface area contributed by atoms with Crippen molar-refractivity contribution in [1.82, 2.24) is 9.03 Å². The Morgan fingerprint density at radius 1 is 1.16 bits per heavy atom. The van der Waals surface area contributed by atoms with E-state index in [1.165, 1.54) is 10.4 Å². The fourth-order valence-electron chi connectivity index (χ4n) is 3.59. The first-order chi connectivity index (χ1) is 11.8. The minimum atomic E-state index is -3.44. The Kier molecular flexibility index (Phi) is 5.60. The predicted molar refractivity (Wildman–Crippen MR) is 93.6 cm³/mol. The SMILES string of the molecule is C[C@@H]1CCCN(S(=O)(=O)NC[C@H]2CCN(c3ccc(F)c(F)c3)C2)C1. The molecule has 2 saturated heterocycles. The molecule has 2 fully saturated rings. The zero-order valence-electron chi connectivity index (χ0n) is 14.4. The minimum Gasteiger partial charge on any atom is -0.371 e. The van der Waals surface area contributed by atoms with E-state index in [9.17, 15) is 17.2 Å². The summed E-state index contributed by atoms with van der Waals surface area (Å²) in [6.45, 7) is 4.92. The van der Waals surface area contributed by atoms with Crippen LogP contribution in [0.4, 0.5) is 14.5 Å². The number of hydrogen-bond acceptors (Lipinski definition) is 3. The summed E-state index contributed by atoms with van der Waals surface area (Å²) in [6, 6.07) is 3.87. The summed E-state index contributed by atoms with van der Waals surface area (Å²) in [4.78, 5) is 1.96. The number of benzene rings is 1. The molecule has 2 heterocycles. The largest absolute Gasteiger partial charge is 0.371 e. The van der Waals surface area contributed by atoms with E-state index in [0.717, 1.165) is 25.3 Å². The molecule has 0 spiro atoms. The molecule has 2 aliphatic heterocycles. The van der Waals surface area contributed by atoms with Crippen molar-refractivity contribution >= 4 is 15.9 Å². The predicted octanol–water partition coefficient (Wildman–Crippen LogP) is 2.36. The van der Waals surface area contributed by atoms with Gasteiger partial charge >= 0.3 is 0 Å². The van der Waals surface area contributed by atoms with E-state index in [1.807, 2.05) is 4.90 Å². The lowest BCUT2D eigenvalue weighted by atomic mass is 10.0. The van der Waals surface area contributed by atoms with E-state index in [0.29, 0.717) is 44.3 Å². The topological polar surface area (TPSA) is 52.7 Å². The first-order valence-electron chi connectivity index (χ1n) is 8.80. The van der Waals surface area contributed by atoms with Crippen LogP contribution in [-0.4, -0.2) is 45.4 Å². The molecular weight excluding hydrogens is 348 g/mol. The smallest absolute Gasteiger partial charge is 0.279 e. The lowest BCUT2D eigenvalue weighted by Gasteiger charge is -2.30. The molecular formula is C17H25F2N3O2S. The van der Waals surface area contributed by atoms with Gasteiger partial charge in [0.1, 0.15) is 0 Å². The van der Waals surface area contributed by atoms with Crippen LogP contribution in [0, 0.1) is 23.5 Å². The summed E-state index contributed by atoms with van der Waals surface area (Å²) in [5.41, 5.74) is 0.633. The number of rotatable bonds is 5. The molecule has 2 aliphatic rings. The molecule has 0 bridgehead atoms. The van der Waals surface area contributed by atoms with E-state index in [4.69, 9.17) is 0 Å². The second kappa shape index (κ2) is 7.55. The molecule has 8 heteroatoms. The summed E-state index contributed by atoms with van der Waals surface area (Å²) in [5.74, 6) is -1.17. The van der Waals surface area contributed by atoms with Crippen LogP contribution in [0.25, 0.3) is 0 Å². The Morgan fingerprint density at radius 3 is 2.68 bits per heavy atom. The number of anilines is 1. The van der Waals surface area contributed by atoms with Crippen molar-refractivity contribution in [1.29, 1.82) is 0 Å². The second-order valence-electron chi connectivity index (χ2n) is 7.16. The molecule has 1 N–H and O–H groups in total. The molecule has 140 valence electrons. The van der Waals surface area contributed by atoms with Gasteiger partial charge in [-0.1, -0.05) is 6.92 Å². The third kappa shape index (κ3) is 4.48. The van der Waals surface area contributed by atoms with Crippen molar-refractivity contribution in [2.45, 2.75) is 26.2 Å². The normalized spacial score (nSPS) is 25.5. The molecule has 0 saturated carbocycles. The standard InChI is InChI=1S/C17H25F2N3O2S/c1-13-3-2-7-22(11-13)25(23,24)20-10-14-6-8-21(12-14)15-4-5-16(18)17(19)9-15/h4-5,9,13-14,20H,2-3,6-8,10-12H2,1H3/t13-,14-/m1/s1. The Balaban J connectivity index is 1.53. The van der Waals surface area contributed by atoms with Gasteiger partial charge in [-0.05, 0) is 43.2 Å². The van der Waals surface area contributed by atoms with Crippen LogP contribution in [-0.2, 0) is 10.2 Å². The van der Waals surface area contributed by atoms with Crippen molar-refractivity contribution in [3.8, 4) is 0 Å². The molecule has 1 aromatic carbocycles.